The number of ether oxygens (including phenoxy) is 3. The van der Waals surface area contributed by atoms with Gasteiger partial charge in [0.25, 0.3) is 0 Å². The molecule has 0 heterocycles. The maximum Gasteiger partial charge on any atom is 0.407 e. The van der Waals surface area contributed by atoms with Crippen LogP contribution in [0.5, 0.6) is 0 Å². The number of alkyl carbamates (subject to hydrolysis) is 2. The predicted octanol–water partition coefficient (Wildman–Crippen LogP) is 7.91. The lowest BCUT2D eigenvalue weighted by Crippen LogP contribution is -2.33. The van der Waals surface area contributed by atoms with Gasteiger partial charge in [-0.25, -0.2) is 9.59 Å². The van der Waals surface area contributed by atoms with Crippen LogP contribution in [-0.4, -0.2) is 59.6 Å². The van der Waals surface area contributed by atoms with Crippen molar-refractivity contribution in [2.45, 2.75) is 169 Å². The van der Waals surface area contributed by atoms with E-state index in [9.17, 15) is 19.2 Å². The van der Waals surface area contributed by atoms with Gasteiger partial charge in [-0.3, -0.25) is 9.59 Å². The van der Waals surface area contributed by atoms with Gasteiger partial charge >= 0.3 is 24.1 Å². The molecule has 0 fully saturated rings. The van der Waals surface area contributed by atoms with Gasteiger partial charge in [0.1, 0.15) is 17.3 Å². The third-order valence-electron chi connectivity index (χ3n) is 5.77. The van der Waals surface area contributed by atoms with E-state index in [0.717, 1.165) is 25.7 Å². The van der Waals surface area contributed by atoms with Crippen molar-refractivity contribution >= 4 is 24.1 Å². The normalized spacial score (nSPS) is 11.9. The summed E-state index contributed by atoms with van der Waals surface area (Å²) < 4.78 is 15.9. The van der Waals surface area contributed by atoms with Gasteiger partial charge in [0.15, 0.2) is 0 Å². The standard InChI is InChI=1S/C23H45NO4.C9H17NO4/c1-6-8-10-12-14-17-20(16-13-11-9-7-2)27-21(25)18-15-19-24-22(26)28-23(3,4)5;1-9(2,3)14-8(13)10-6-4-5-7(11)12/h20H,6-19H2,1-5H3,(H,24,26);4-6H2,1-3H3,(H,10,13)(H,11,12). The van der Waals surface area contributed by atoms with Crippen LogP contribution in [-0.2, 0) is 23.8 Å². The highest BCUT2D eigenvalue weighted by Crippen LogP contribution is 2.17. The van der Waals surface area contributed by atoms with Crippen molar-refractivity contribution in [2.24, 2.45) is 0 Å². The molecule has 2 amide bonds. The lowest BCUT2D eigenvalue weighted by molar-refractivity contribution is -0.150. The topological polar surface area (TPSA) is 140 Å². The zero-order valence-electron chi connectivity index (χ0n) is 27.9. The number of esters is 1. The first-order valence-electron chi connectivity index (χ1n) is 15.9. The number of unbranched alkanes of at least 4 members (excludes halogenated alkanes) is 7. The lowest BCUT2D eigenvalue weighted by atomic mass is 10.0. The molecule has 1 atom stereocenters. The Morgan fingerprint density at radius 3 is 1.43 bits per heavy atom. The summed E-state index contributed by atoms with van der Waals surface area (Å²) in [5, 5.41) is 13.5. The molecule has 10 heteroatoms. The van der Waals surface area contributed by atoms with E-state index in [1.165, 1.54) is 44.9 Å². The molecular formula is C32H62N2O8. The van der Waals surface area contributed by atoms with Crippen LogP contribution in [0.15, 0.2) is 0 Å². The molecule has 0 radical (unpaired) electrons. The molecule has 0 saturated heterocycles. The van der Waals surface area contributed by atoms with Crippen molar-refractivity contribution < 1.29 is 38.5 Å². The molecule has 0 aromatic rings. The molecule has 1 unspecified atom stereocenters. The van der Waals surface area contributed by atoms with Gasteiger partial charge in [0.2, 0.25) is 0 Å². The Hall–Kier alpha value is -2.52. The summed E-state index contributed by atoms with van der Waals surface area (Å²) in [6.07, 6.45) is 13.3. The fourth-order valence-electron chi connectivity index (χ4n) is 3.76. The van der Waals surface area contributed by atoms with E-state index in [0.29, 0.717) is 32.4 Å². The third kappa shape index (κ3) is 33.7. The Morgan fingerprint density at radius 1 is 0.619 bits per heavy atom. The average Bonchev–Trinajstić information content (AvgIpc) is 2.85. The molecule has 0 bridgehead atoms. The summed E-state index contributed by atoms with van der Waals surface area (Å²) in [5.41, 5.74) is -1.03. The number of aliphatic carboxylic acids is 1. The summed E-state index contributed by atoms with van der Waals surface area (Å²) in [4.78, 5) is 44.9. The fourth-order valence-corrected chi connectivity index (χ4v) is 3.76. The molecule has 0 aromatic carbocycles. The van der Waals surface area contributed by atoms with Crippen LogP contribution < -0.4 is 10.6 Å². The van der Waals surface area contributed by atoms with E-state index in [1.54, 1.807) is 20.8 Å². The van der Waals surface area contributed by atoms with Crippen LogP contribution in [0.3, 0.4) is 0 Å². The van der Waals surface area contributed by atoms with Crippen LogP contribution in [0.2, 0.25) is 0 Å². The minimum atomic E-state index is -0.865. The monoisotopic (exact) mass is 602 g/mol. The summed E-state index contributed by atoms with van der Waals surface area (Å²) in [5.74, 6) is -1.02. The Balaban J connectivity index is 0. The number of carbonyl (C=O) groups excluding carboxylic acids is 3. The van der Waals surface area contributed by atoms with Crippen molar-refractivity contribution in [1.29, 1.82) is 0 Å². The first-order valence-corrected chi connectivity index (χ1v) is 15.9. The van der Waals surface area contributed by atoms with E-state index in [-0.39, 0.29) is 18.5 Å². The number of carboxylic acids is 1. The number of carboxylic acid groups (broad SMARTS) is 1. The number of nitrogens with one attached hydrogen (secondary N) is 2. The van der Waals surface area contributed by atoms with Crippen molar-refractivity contribution in [3.63, 3.8) is 0 Å². The zero-order chi connectivity index (χ0) is 32.4. The number of amides is 2. The first-order chi connectivity index (χ1) is 19.6. The predicted molar refractivity (Wildman–Crippen MR) is 167 cm³/mol. The number of rotatable bonds is 20. The highest BCUT2D eigenvalue weighted by atomic mass is 16.6. The van der Waals surface area contributed by atoms with E-state index < -0.39 is 29.4 Å². The highest BCUT2D eigenvalue weighted by molar-refractivity contribution is 5.70. The Morgan fingerprint density at radius 2 is 1.02 bits per heavy atom. The second kappa shape index (κ2) is 25.0. The number of hydrogen-bond donors (Lipinski definition) is 3. The third-order valence-corrected chi connectivity index (χ3v) is 5.77. The molecule has 10 nitrogen and oxygen atoms in total. The summed E-state index contributed by atoms with van der Waals surface area (Å²) in [6, 6.07) is 0. The SMILES string of the molecule is CC(C)(C)OC(=O)NCCCC(=O)O.CCCCCCCC(CCCCCC)OC(=O)CCCNC(=O)OC(C)(C)C. The minimum absolute atomic E-state index is 0.0461. The molecule has 0 spiro atoms. The molecule has 0 saturated carbocycles. The maximum atomic E-state index is 12.2. The second-order valence-electron chi connectivity index (χ2n) is 12.6. The molecule has 0 aromatic heterocycles. The van der Waals surface area contributed by atoms with Crippen LogP contribution in [0.4, 0.5) is 9.59 Å². The second-order valence-corrected chi connectivity index (χ2v) is 12.6. The molecule has 0 aliphatic rings. The van der Waals surface area contributed by atoms with Gasteiger partial charge in [-0.15, -0.1) is 0 Å². The van der Waals surface area contributed by atoms with E-state index in [4.69, 9.17) is 19.3 Å². The minimum Gasteiger partial charge on any atom is -0.481 e. The van der Waals surface area contributed by atoms with Gasteiger partial charge in [-0.1, -0.05) is 58.8 Å². The van der Waals surface area contributed by atoms with Crippen molar-refractivity contribution in [2.75, 3.05) is 13.1 Å². The van der Waals surface area contributed by atoms with Crippen molar-refractivity contribution in [1.82, 2.24) is 10.6 Å². The molecule has 0 aliphatic carbocycles. The number of hydrogen-bond acceptors (Lipinski definition) is 7. The van der Waals surface area contributed by atoms with Crippen molar-refractivity contribution in [3.8, 4) is 0 Å². The lowest BCUT2D eigenvalue weighted by Gasteiger charge is -2.20. The van der Waals surface area contributed by atoms with E-state index in [2.05, 4.69) is 24.5 Å². The molecule has 248 valence electrons. The average molecular weight is 603 g/mol. The molecule has 0 rings (SSSR count). The van der Waals surface area contributed by atoms with Gasteiger partial charge in [0, 0.05) is 25.9 Å². The van der Waals surface area contributed by atoms with Gasteiger partial charge in [-0.05, 0) is 80.1 Å². The molecule has 3 N–H and O–H groups in total. The quantitative estimate of drug-likeness (QED) is 0.0725. The van der Waals surface area contributed by atoms with E-state index >= 15 is 0 Å². The van der Waals surface area contributed by atoms with Gasteiger partial charge in [-0.2, -0.15) is 0 Å². The molecular weight excluding hydrogens is 540 g/mol. The van der Waals surface area contributed by atoms with Crippen LogP contribution >= 0.6 is 0 Å². The summed E-state index contributed by atoms with van der Waals surface area (Å²) >= 11 is 0. The zero-order valence-corrected chi connectivity index (χ0v) is 27.9. The fraction of sp³-hybridized carbons (Fsp3) is 0.875. The van der Waals surface area contributed by atoms with Gasteiger partial charge in [0.05, 0.1) is 0 Å². The van der Waals surface area contributed by atoms with Crippen LogP contribution in [0.1, 0.15) is 152 Å². The molecule has 42 heavy (non-hydrogen) atoms. The van der Waals surface area contributed by atoms with Crippen LogP contribution in [0.25, 0.3) is 0 Å². The van der Waals surface area contributed by atoms with E-state index in [1.807, 2.05) is 20.8 Å². The smallest absolute Gasteiger partial charge is 0.407 e. The molecule has 0 aliphatic heterocycles. The first kappa shape index (κ1) is 41.6. The van der Waals surface area contributed by atoms with Gasteiger partial charge < -0.3 is 30.0 Å². The Labute approximate surface area is 255 Å². The number of carbonyl (C=O) groups is 4. The Bertz CT molecular complexity index is 729. The largest absolute Gasteiger partial charge is 0.481 e. The van der Waals surface area contributed by atoms with Crippen molar-refractivity contribution in [3.05, 3.63) is 0 Å². The summed E-state index contributed by atoms with van der Waals surface area (Å²) in [7, 11) is 0. The van der Waals surface area contributed by atoms with Crippen LogP contribution in [0, 0.1) is 0 Å². The summed E-state index contributed by atoms with van der Waals surface area (Å²) in [6.45, 7) is 15.9. The highest BCUT2D eigenvalue weighted by Gasteiger charge is 2.17. The Kier molecular flexibility index (Phi) is 24.8. The maximum absolute atomic E-state index is 12.2.